The monoisotopic (exact) mass is 316 g/mol. The largest absolute Gasteiger partial charge is 0.389 e. The maximum absolute atomic E-state index is 12.4. The van der Waals surface area contributed by atoms with Crippen LogP contribution in [0.4, 0.5) is 5.82 Å². The average molecular weight is 316 g/mol. The summed E-state index contributed by atoms with van der Waals surface area (Å²) >= 11 is 0. The number of nitrogen functional groups attached to an aromatic ring is 1. The number of hydrogen-bond acceptors (Lipinski definition) is 5. The Bertz CT molecular complexity index is 616. The van der Waals surface area contributed by atoms with Crippen LogP contribution < -0.4 is 10.5 Å². The summed E-state index contributed by atoms with van der Waals surface area (Å²) in [5.74, 6) is 0.560. The molecule has 8 heteroatoms. The summed E-state index contributed by atoms with van der Waals surface area (Å²) in [6.45, 7) is 3.80. The molecule has 0 bridgehead atoms. The van der Waals surface area contributed by atoms with Crippen LogP contribution in [0.1, 0.15) is 38.3 Å². The lowest BCUT2D eigenvalue weighted by Crippen LogP contribution is -2.45. The molecule has 120 valence electrons. The second kappa shape index (κ2) is 5.58. The zero-order chi connectivity index (χ0) is 15.8. The fourth-order valence-electron chi connectivity index (χ4n) is 2.72. The number of aliphatic hydroxyl groups is 1. The summed E-state index contributed by atoms with van der Waals surface area (Å²) in [4.78, 5) is -0.00206. The normalized spacial score (nSPS) is 27.0. The molecule has 0 saturated heterocycles. The van der Waals surface area contributed by atoms with Crippen molar-refractivity contribution in [3.8, 4) is 0 Å². The predicted molar refractivity (Wildman–Crippen MR) is 80.1 cm³/mol. The zero-order valence-electron chi connectivity index (χ0n) is 12.8. The molecule has 4 N–H and O–H groups in total. The van der Waals surface area contributed by atoms with Gasteiger partial charge in [-0.3, -0.25) is 4.68 Å². The van der Waals surface area contributed by atoms with Crippen LogP contribution in [0.2, 0.25) is 0 Å². The highest BCUT2D eigenvalue weighted by molar-refractivity contribution is 7.89. The van der Waals surface area contributed by atoms with Gasteiger partial charge in [0.15, 0.2) is 5.82 Å². The van der Waals surface area contributed by atoms with Crippen molar-refractivity contribution in [2.45, 2.75) is 50.0 Å². The fraction of sp³-hybridized carbons (Fsp3) is 0.769. The van der Waals surface area contributed by atoms with Crippen LogP contribution >= 0.6 is 0 Å². The minimum atomic E-state index is -3.77. The highest BCUT2D eigenvalue weighted by atomic mass is 32.2. The quantitative estimate of drug-likeness (QED) is 0.750. The minimum absolute atomic E-state index is 0.00206. The summed E-state index contributed by atoms with van der Waals surface area (Å²) in [6, 6.07) is 0. The van der Waals surface area contributed by atoms with Crippen LogP contribution in [0, 0.1) is 12.8 Å². The molecule has 7 nitrogen and oxygen atoms in total. The molecule has 0 radical (unpaired) electrons. The van der Waals surface area contributed by atoms with Crippen LogP contribution in [0.5, 0.6) is 0 Å². The molecule has 21 heavy (non-hydrogen) atoms. The molecule has 1 heterocycles. The van der Waals surface area contributed by atoms with Gasteiger partial charge in [0.1, 0.15) is 4.90 Å². The molecule has 1 aromatic heterocycles. The summed E-state index contributed by atoms with van der Waals surface area (Å²) in [5, 5.41) is 14.4. The molecule has 0 atom stereocenters. The summed E-state index contributed by atoms with van der Waals surface area (Å²) in [6.07, 6.45) is 3.04. The van der Waals surface area contributed by atoms with Crippen LogP contribution in [0.15, 0.2) is 4.90 Å². The minimum Gasteiger partial charge on any atom is -0.389 e. The maximum Gasteiger partial charge on any atom is 0.246 e. The standard InChI is InChI=1S/C13H24N4O3S/c1-9-4-6-13(18,7-5-9)8-15-21(19,20)11-10(2)17(3)16-12(11)14/h9,15,18H,4-8H2,1-3H3,(H2,14,16). The Hall–Kier alpha value is -1.12. The first-order chi connectivity index (χ1) is 9.65. The van der Waals surface area contributed by atoms with Crippen LogP contribution in [-0.4, -0.2) is 35.5 Å². The Balaban J connectivity index is 2.12. The topological polar surface area (TPSA) is 110 Å². The molecule has 1 fully saturated rings. The molecule has 0 aromatic carbocycles. The molecule has 0 amide bonds. The second-order valence-corrected chi connectivity index (χ2v) is 7.86. The van der Waals surface area contributed by atoms with Gasteiger partial charge in [-0.25, -0.2) is 13.1 Å². The number of nitrogens with two attached hydrogens (primary N) is 1. The Morgan fingerprint density at radius 3 is 2.52 bits per heavy atom. The van der Waals surface area contributed by atoms with Crippen molar-refractivity contribution in [3.05, 3.63) is 5.69 Å². The number of rotatable bonds is 4. The average Bonchev–Trinajstić information content (AvgIpc) is 2.66. The van der Waals surface area contributed by atoms with E-state index in [1.165, 1.54) is 4.68 Å². The third-order valence-electron chi connectivity index (χ3n) is 4.37. The third kappa shape index (κ3) is 3.38. The van der Waals surface area contributed by atoms with Crippen LogP contribution in [-0.2, 0) is 17.1 Å². The first-order valence-electron chi connectivity index (χ1n) is 7.16. The van der Waals surface area contributed by atoms with E-state index in [1.807, 2.05) is 0 Å². The Kier molecular flexibility index (Phi) is 4.32. The third-order valence-corrected chi connectivity index (χ3v) is 5.94. The van der Waals surface area contributed by atoms with Gasteiger partial charge in [-0.15, -0.1) is 0 Å². The van der Waals surface area contributed by atoms with Crippen molar-refractivity contribution >= 4 is 15.8 Å². The molecule has 1 aliphatic carbocycles. The number of nitrogens with one attached hydrogen (secondary N) is 1. The molecule has 0 aliphatic heterocycles. The van der Waals surface area contributed by atoms with Crippen LogP contribution in [0.25, 0.3) is 0 Å². The highest BCUT2D eigenvalue weighted by Crippen LogP contribution is 2.31. The van der Waals surface area contributed by atoms with Gasteiger partial charge in [0.25, 0.3) is 0 Å². The van der Waals surface area contributed by atoms with Crippen molar-refractivity contribution in [2.75, 3.05) is 12.3 Å². The van der Waals surface area contributed by atoms with Crippen molar-refractivity contribution < 1.29 is 13.5 Å². The second-order valence-electron chi connectivity index (χ2n) is 6.15. The zero-order valence-corrected chi connectivity index (χ0v) is 13.6. The summed E-state index contributed by atoms with van der Waals surface area (Å²) in [5.41, 5.74) is 5.18. The van der Waals surface area contributed by atoms with E-state index in [4.69, 9.17) is 5.73 Å². The molecule has 1 aromatic rings. The Labute approximate surface area is 125 Å². The number of nitrogens with zero attached hydrogens (tertiary/aromatic N) is 2. The van der Waals surface area contributed by atoms with Gasteiger partial charge in [-0.2, -0.15) is 5.10 Å². The Morgan fingerprint density at radius 1 is 1.48 bits per heavy atom. The van der Waals surface area contributed by atoms with E-state index in [0.29, 0.717) is 24.5 Å². The van der Waals surface area contributed by atoms with Crippen molar-refractivity contribution in [3.63, 3.8) is 0 Å². The van der Waals surface area contributed by atoms with Gasteiger partial charge < -0.3 is 10.8 Å². The number of hydrogen-bond donors (Lipinski definition) is 3. The van der Waals surface area contributed by atoms with Gasteiger partial charge in [0.2, 0.25) is 10.0 Å². The van der Waals surface area contributed by atoms with E-state index in [2.05, 4.69) is 16.7 Å². The maximum atomic E-state index is 12.4. The van der Waals surface area contributed by atoms with Gasteiger partial charge in [-0.1, -0.05) is 6.92 Å². The number of aryl methyl sites for hydroxylation is 1. The number of anilines is 1. The van der Waals surface area contributed by atoms with E-state index >= 15 is 0 Å². The van der Waals surface area contributed by atoms with E-state index in [1.54, 1.807) is 14.0 Å². The van der Waals surface area contributed by atoms with Crippen molar-refractivity contribution in [2.24, 2.45) is 13.0 Å². The number of aromatic nitrogens is 2. The van der Waals surface area contributed by atoms with E-state index < -0.39 is 15.6 Å². The molecule has 0 unspecified atom stereocenters. The lowest BCUT2D eigenvalue weighted by atomic mass is 9.80. The number of sulfonamides is 1. The first kappa shape index (κ1) is 16.3. The molecular formula is C13H24N4O3S. The molecule has 1 aliphatic rings. The lowest BCUT2D eigenvalue weighted by Gasteiger charge is -2.34. The van der Waals surface area contributed by atoms with Crippen LogP contribution in [0.3, 0.4) is 0 Å². The van der Waals surface area contributed by atoms with Crippen molar-refractivity contribution in [1.29, 1.82) is 0 Å². The van der Waals surface area contributed by atoms with Gasteiger partial charge in [0.05, 0.1) is 11.3 Å². The van der Waals surface area contributed by atoms with E-state index in [0.717, 1.165) is 12.8 Å². The first-order valence-corrected chi connectivity index (χ1v) is 8.64. The summed E-state index contributed by atoms with van der Waals surface area (Å²) < 4.78 is 28.7. The van der Waals surface area contributed by atoms with Crippen molar-refractivity contribution in [1.82, 2.24) is 14.5 Å². The Morgan fingerprint density at radius 2 is 2.05 bits per heavy atom. The summed E-state index contributed by atoms with van der Waals surface area (Å²) in [7, 11) is -2.13. The molecule has 2 rings (SSSR count). The van der Waals surface area contributed by atoms with E-state index in [-0.39, 0.29) is 17.3 Å². The smallest absolute Gasteiger partial charge is 0.246 e. The fourth-order valence-corrected chi connectivity index (χ4v) is 4.16. The SMILES string of the molecule is Cc1c(S(=O)(=O)NCC2(O)CCC(C)CC2)c(N)nn1C. The van der Waals surface area contributed by atoms with Gasteiger partial charge in [0, 0.05) is 13.6 Å². The molecule has 0 spiro atoms. The van der Waals surface area contributed by atoms with E-state index in [9.17, 15) is 13.5 Å². The molecule has 1 saturated carbocycles. The predicted octanol–water partition coefficient (Wildman–Crippen LogP) is 0.530. The lowest BCUT2D eigenvalue weighted by molar-refractivity contribution is -0.00183. The van der Waals surface area contributed by atoms with Gasteiger partial charge >= 0.3 is 0 Å². The highest BCUT2D eigenvalue weighted by Gasteiger charge is 2.34. The molecular weight excluding hydrogens is 292 g/mol. The van der Waals surface area contributed by atoms with Gasteiger partial charge in [-0.05, 0) is 38.5 Å².